The molecule has 0 atom stereocenters. The van der Waals surface area contributed by atoms with Crippen molar-refractivity contribution in [3.05, 3.63) is 295 Å². The van der Waals surface area contributed by atoms with Gasteiger partial charge in [0.05, 0.1) is 37.3 Å². The summed E-state index contributed by atoms with van der Waals surface area (Å²) in [6.45, 7) is 6.37. The number of imidazole rings is 1. The molecular weight excluding hydrogens is 1280 g/mol. The third-order valence-corrected chi connectivity index (χ3v) is 20.8. The van der Waals surface area contributed by atoms with Gasteiger partial charge in [-0.25, -0.2) is 4.98 Å². The first-order valence-electron chi connectivity index (χ1n) is 39.3. The summed E-state index contributed by atoms with van der Waals surface area (Å²) in [5.74, 6) is 0.988. The van der Waals surface area contributed by atoms with Gasteiger partial charge in [-0.15, -0.1) is 29.7 Å². The van der Waals surface area contributed by atoms with Crippen molar-refractivity contribution in [3.63, 3.8) is 0 Å². The fourth-order valence-corrected chi connectivity index (χ4v) is 16.3. The summed E-state index contributed by atoms with van der Waals surface area (Å²) in [6, 6.07) is 38.8. The summed E-state index contributed by atoms with van der Waals surface area (Å²) in [5, 5.41) is -0.647. The van der Waals surface area contributed by atoms with Crippen molar-refractivity contribution in [2.75, 3.05) is 0 Å². The molecule has 15 rings (SSSR count). The molecule has 0 fully saturated rings. The number of nitrogens with zero attached hydrogens (tertiary/aromatic N) is 4. The van der Waals surface area contributed by atoms with Crippen LogP contribution in [0.15, 0.2) is 255 Å². The largest absolute Gasteiger partial charge is 0.510 e. The fourth-order valence-electron chi connectivity index (χ4n) is 12.5. The molecule has 7 heteroatoms. The van der Waals surface area contributed by atoms with E-state index in [9.17, 15) is 24.7 Å². The number of fused-ring (bicyclic) bond motifs is 10. The first-order chi connectivity index (χ1) is 51.4. The van der Waals surface area contributed by atoms with Gasteiger partial charge in [0, 0.05) is 52.5 Å². The quantitative estimate of drug-likeness (QED) is 0.0625. The molecule has 0 radical (unpaired) electrons. The maximum Gasteiger partial charge on any atom is 0.268 e. The van der Waals surface area contributed by atoms with Crippen molar-refractivity contribution < 1.29 is 59.2 Å². The van der Waals surface area contributed by atoms with Crippen molar-refractivity contribution in [2.24, 2.45) is 0 Å². The summed E-state index contributed by atoms with van der Waals surface area (Å²) in [6.07, 6.45) is 5.42. The number of pyridine rings is 1. The van der Waals surface area contributed by atoms with E-state index in [0.29, 0.717) is 44.7 Å². The minimum Gasteiger partial charge on any atom is -0.510 e. The second-order valence-corrected chi connectivity index (χ2v) is 27.6. The van der Waals surface area contributed by atoms with Crippen LogP contribution in [-0.2, 0) is 31.9 Å². The van der Waals surface area contributed by atoms with E-state index in [1.54, 1.807) is 63.9 Å². The molecule has 0 bridgehead atoms. The van der Waals surface area contributed by atoms with E-state index in [1.807, 2.05) is 104 Å². The van der Waals surface area contributed by atoms with E-state index in [1.165, 1.54) is 30.3 Å². The van der Waals surface area contributed by atoms with Crippen molar-refractivity contribution in [1.82, 2.24) is 14.1 Å². The molecule has 0 amide bonds. The summed E-state index contributed by atoms with van der Waals surface area (Å²) >= 11 is 0. The zero-order valence-corrected chi connectivity index (χ0v) is 52.4. The van der Waals surface area contributed by atoms with Crippen LogP contribution in [0.25, 0.3) is 94.5 Å². The van der Waals surface area contributed by atoms with E-state index < -0.39 is 133 Å². The van der Waals surface area contributed by atoms with Gasteiger partial charge in [-0.2, -0.15) is 18.2 Å². The van der Waals surface area contributed by atoms with E-state index in [4.69, 9.17) is 13.8 Å². The van der Waals surface area contributed by atoms with Crippen LogP contribution in [-0.4, -0.2) is 22.2 Å². The molecule has 0 saturated heterocycles. The molecule has 89 heavy (non-hydrogen) atoms. The van der Waals surface area contributed by atoms with Crippen molar-refractivity contribution in [3.8, 4) is 73.2 Å². The van der Waals surface area contributed by atoms with Crippen molar-refractivity contribution in [1.29, 1.82) is 0 Å². The third-order valence-electron chi connectivity index (χ3n) is 16.7. The van der Waals surface area contributed by atoms with Crippen LogP contribution in [0.3, 0.4) is 0 Å². The predicted octanol–water partition coefficient (Wildman–Crippen LogP) is 17.2. The molecule has 14 aromatic rings. The van der Waals surface area contributed by atoms with Gasteiger partial charge in [0.1, 0.15) is 5.82 Å². The van der Waals surface area contributed by atoms with Gasteiger partial charge in [-0.05, 0) is 141 Å². The number of rotatable bonds is 9. The van der Waals surface area contributed by atoms with Crippen LogP contribution in [0, 0.1) is 32.2 Å². The fraction of sp³-hybridized carbons (Fsp3) is 0.122. The summed E-state index contributed by atoms with van der Waals surface area (Å²) in [4.78, 5) is 4.86. The normalized spacial score (nSPS) is 15.8. The Hall–Kier alpha value is -9.45. The van der Waals surface area contributed by atoms with Crippen LogP contribution in [0.4, 0.5) is 0 Å². The molecule has 1 aliphatic rings. The minimum atomic E-state index is -5.98. The number of para-hydroxylation sites is 1. The Morgan fingerprint density at radius 1 is 0.494 bits per heavy atom. The third kappa shape index (κ3) is 9.64. The number of ether oxygens (including phenoxy) is 1. The Morgan fingerprint density at radius 3 is 1.67 bits per heavy atom. The molecule has 3 aromatic heterocycles. The Bertz CT molecular complexity index is 5960. The van der Waals surface area contributed by atoms with Gasteiger partial charge >= 0.3 is 0 Å². The Morgan fingerprint density at radius 2 is 1.06 bits per heavy atom. The molecule has 4 heterocycles. The van der Waals surface area contributed by atoms with Gasteiger partial charge in [-0.1, -0.05) is 247 Å². The maximum absolute atomic E-state index is 10.1. The van der Waals surface area contributed by atoms with E-state index >= 15 is 0 Å². The summed E-state index contributed by atoms with van der Waals surface area (Å²) in [7, 11) is -5.98. The van der Waals surface area contributed by atoms with Crippen LogP contribution in [0.1, 0.15) is 92.6 Å². The summed E-state index contributed by atoms with van der Waals surface area (Å²) < 4.78 is 212. The van der Waals surface area contributed by atoms with Crippen LogP contribution in [0.5, 0.6) is 11.5 Å². The molecule has 0 aliphatic carbocycles. The molecular formula is C82H66N4OPtSi-2. The van der Waals surface area contributed by atoms with Gasteiger partial charge in [0.2, 0.25) is 0 Å². The van der Waals surface area contributed by atoms with E-state index in [0.717, 1.165) is 21.9 Å². The van der Waals surface area contributed by atoms with Gasteiger partial charge in [-0.3, -0.25) is 4.57 Å². The zero-order chi connectivity index (χ0) is 78.1. The van der Waals surface area contributed by atoms with Crippen LogP contribution < -0.4 is 30.1 Å². The number of hydrogen-bond acceptors (Lipinski definition) is 2. The Balaban J connectivity index is 0.0000101. The molecule has 5 nitrogen and oxygen atoms in total. The molecule has 0 spiro atoms. The van der Waals surface area contributed by atoms with Gasteiger partial charge < -0.3 is 13.9 Å². The van der Waals surface area contributed by atoms with Crippen LogP contribution in [0.2, 0.25) is 0 Å². The zero-order valence-electron chi connectivity index (χ0n) is 70.1. The second-order valence-electron chi connectivity index (χ2n) is 24.0. The summed E-state index contributed by atoms with van der Waals surface area (Å²) in [5.41, 5.74) is 4.79. The van der Waals surface area contributed by atoms with Crippen molar-refractivity contribution >= 4 is 61.7 Å². The first-order valence-corrected chi connectivity index (χ1v) is 30.8. The molecule has 11 aromatic carbocycles. The second kappa shape index (κ2) is 22.3. The average molecular weight is 1370 g/mol. The number of benzene rings is 11. The molecule has 0 saturated carbocycles. The van der Waals surface area contributed by atoms with Crippen molar-refractivity contribution in [2.45, 2.75) is 66.1 Å². The SMILES string of the molecule is [2H]c1c([2H])c([2H])c([Si](c2cc3c4c(c2)n(-c2[c-]c(Oc5[c-]c6c(cc5)c5ccccc5n6-c5cc(C(C)(C)C)ccn5)ccc2)[c-][n+]4-c2c(cc(C(C)(C)C)cc2-c2c(C([2H])([2H])[2H])cccc2C([2H])([2H])[2H])-c2ccccc2-c2ccccc2-3)(c2c([2H])c([2H])c([2H])c([2H])c2[2H])c2c([2H])c([2H])c([2H])c([2H])c2[2H])c([2H])c1[2H].[Pt]. The van der Waals surface area contributed by atoms with E-state index in [-0.39, 0.29) is 93.4 Å². The van der Waals surface area contributed by atoms with Gasteiger partial charge in [0.25, 0.3) is 6.33 Å². The number of aryl methyl sites for hydroxylation is 2. The van der Waals surface area contributed by atoms with E-state index in [2.05, 4.69) is 39.2 Å². The Kier molecular flexibility index (Phi) is 9.54. The minimum absolute atomic E-state index is 0. The maximum atomic E-state index is 10.1. The number of hydrogen-bond donors (Lipinski definition) is 0. The monoisotopic (exact) mass is 1370 g/mol. The molecule has 436 valence electrons. The Labute approximate surface area is 567 Å². The molecule has 0 unspecified atom stereocenters. The first kappa shape index (κ1) is 38.1. The topological polar surface area (TPSA) is 35.9 Å². The smallest absolute Gasteiger partial charge is 0.268 e. The molecule has 0 N–H and O–H groups in total. The van der Waals surface area contributed by atoms with Crippen LogP contribution >= 0.6 is 0 Å². The van der Waals surface area contributed by atoms with Gasteiger partial charge in [0.15, 0.2) is 8.07 Å². The molecule has 1 aliphatic heterocycles. The standard InChI is InChI=1S/C82H66N4OSi.Pt/c1-54-26-24-27-55(2)78(54)73-47-57(82(6,7)8)46-71-67-38-20-18-36-65(67)66-37-19-21-39-68(66)72-51-64(88(61-30-12-9-13-31-61,62-32-14-10-15-33-62)63-34-16-11-17-35-63)52-76-80(72)85(79(71)73)53-84(76)58-28-25-29-59(49-58)87-60-42-43-70-69-40-22-23-41-74(69)86(75(70)50-60)77-48-56(44-45-83-77)81(3,4)5;/h9-48,51-52H,1-8H3;/q-2;/i1D3,2D3,9D,10D,11D,12D,13D,14D,15D,16D,17D,30D,31D,32D,33D,34D,35D;. The predicted molar refractivity (Wildman–Crippen MR) is 366 cm³/mol. The average Bonchev–Trinajstić information content (AvgIpc) is 0.812. The number of aromatic nitrogens is 4.